The first-order valence-electron chi connectivity index (χ1n) is 10.2. The van der Waals surface area contributed by atoms with Gasteiger partial charge in [0.05, 0.1) is 6.26 Å². The van der Waals surface area contributed by atoms with E-state index < -0.39 is 0 Å². The van der Waals surface area contributed by atoms with Crippen LogP contribution in [0.5, 0.6) is 0 Å². The minimum Gasteiger partial charge on any atom is -0.469 e. The fourth-order valence-corrected chi connectivity index (χ4v) is 3.57. The van der Waals surface area contributed by atoms with Gasteiger partial charge in [-0.2, -0.15) is 0 Å². The average molecular weight is 391 g/mol. The van der Waals surface area contributed by atoms with Crippen LogP contribution in [0.25, 0.3) is 0 Å². The van der Waals surface area contributed by atoms with Crippen molar-refractivity contribution in [2.24, 2.45) is 0 Å². The monoisotopic (exact) mass is 390 g/mol. The molecule has 2 aromatic carbocycles. The van der Waals surface area contributed by atoms with Crippen LogP contribution in [0.3, 0.4) is 0 Å². The molecule has 1 heterocycles. The third-order valence-corrected chi connectivity index (χ3v) is 5.26. The Labute approximate surface area is 173 Å². The number of anilines is 1. The van der Waals surface area contributed by atoms with E-state index in [0.717, 1.165) is 23.4 Å². The normalized spacial score (nSPS) is 11.8. The van der Waals surface area contributed by atoms with Gasteiger partial charge < -0.3 is 14.2 Å². The molecule has 3 rings (SSSR count). The SMILES string of the molecule is CCC(=O)N(CC[C@@H](c1ccccc1)c1ccco1)Cc1ccc(N(C)C)cc1. The van der Waals surface area contributed by atoms with Crippen molar-refractivity contribution < 1.29 is 9.21 Å². The summed E-state index contributed by atoms with van der Waals surface area (Å²) < 4.78 is 5.71. The summed E-state index contributed by atoms with van der Waals surface area (Å²) >= 11 is 0. The maximum absolute atomic E-state index is 12.6. The van der Waals surface area contributed by atoms with Crippen molar-refractivity contribution in [1.29, 1.82) is 0 Å². The zero-order valence-corrected chi connectivity index (χ0v) is 17.5. The van der Waals surface area contributed by atoms with Crippen LogP contribution in [-0.2, 0) is 11.3 Å². The number of rotatable bonds is 9. The maximum Gasteiger partial charge on any atom is 0.222 e. The molecule has 0 radical (unpaired) electrons. The van der Waals surface area contributed by atoms with E-state index in [9.17, 15) is 4.79 Å². The smallest absolute Gasteiger partial charge is 0.222 e. The molecule has 1 atom stereocenters. The molecular formula is C25H30N2O2. The summed E-state index contributed by atoms with van der Waals surface area (Å²) in [5.41, 5.74) is 3.51. The zero-order valence-electron chi connectivity index (χ0n) is 17.5. The van der Waals surface area contributed by atoms with Gasteiger partial charge in [-0.1, -0.05) is 49.4 Å². The molecule has 1 aromatic heterocycles. The number of hydrogen-bond acceptors (Lipinski definition) is 3. The van der Waals surface area contributed by atoms with Crippen LogP contribution in [0.2, 0.25) is 0 Å². The highest BCUT2D eigenvalue weighted by Gasteiger charge is 2.20. The van der Waals surface area contributed by atoms with Crippen LogP contribution >= 0.6 is 0 Å². The summed E-state index contributed by atoms with van der Waals surface area (Å²) in [5.74, 6) is 1.25. The molecule has 152 valence electrons. The Bertz CT molecular complexity index is 871. The Morgan fingerprint density at radius 3 is 2.28 bits per heavy atom. The van der Waals surface area contributed by atoms with E-state index >= 15 is 0 Å². The summed E-state index contributed by atoms with van der Waals surface area (Å²) in [6.07, 6.45) is 3.04. The van der Waals surface area contributed by atoms with Gasteiger partial charge in [0.2, 0.25) is 5.91 Å². The lowest BCUT2D eigenvalue weighted by atomic mass is 9.93. The molecule has 0 aliphatic carbocycles. The van der Waals surface area contributed by atoms with Gasteiger partial charge in [-0.15, -0.1) is 0 Å². The molecule has 0 spiro atoms. The lowest BCUT2D eigenvalue weighted by molar-refractivity contribution is -0.131. The largest absolute Gasteiger partial charge is 0.469 e. The van der Waals surface area contributed by atoms with Crippen molar-refractivity contribution >= 4 is 11.6 Å². The highest BCUT2D eigenvalue weighted by Crippen LogP contribution is 2.29. The van der Waals surface area contributed by atoms with Gasteiger partial charge in [0.1, 0.15) is 5.76 Å². The molecule has 0 N–H and O–H groups in total. The second-order valence-corrected chi connectivity index (χ2v) is 7.50. The fraction of sp³-hybridized carbons (Fsp3) is 0.320. The van der Waals surface area contributed by atoms with Gasteiger partial charge in [-0.3, -0.25) is 4.79 Å². The van der Waals surface area contributed by atoms with Gasteiger partial charge in [0.25, 0.3) is 0 Å². The number of carbonyl (C=O) groups is 1. The highest BCUT2D eigenvalue weighted by atomic mass is 16.3. The van der Waals surface area contributed by atoms with Gasteiger partial charge in [-0.05, 0) is 41.8 Å². The fourth-order valence-electron chi connectivity index (χ4n) is 3.57. The summed E-state index contributed by atoms with van der Waals surface area (Å²) in [4.78, 5) is 16.7. The molecule has 29 heavy (non-hydrogen) atoms. The molecule has 4 heteroatoms. The number of amides is 1. The number of carbonyl (C=O) groups excluding carboxylic acids is 1. The van der Waals surface area contributed by atoms with Crippen LogP contribution in [0.4, 0.5) is 5.69 Å². The predicted octanol–water partition coefficient (Wildman–Crippen LogP) is 5.31. The topological polar surface area (TPSA) is 36.7 Å². The van der Waals surface area contributed by atoms with E-state index in [4.69, 9.17) is 4.42 Å². The quantitative estimate of drug-likeness (QED) is 0.497. The Balaban J connectivity index is 1.74. The Hall–Kier alpha value is -3.01. The van der Waals surface area contributed by atoms with Gasteiger partial charge in [-0.25, -0.2) is 0 Å². The first-order valence-corrected chi connectivity index (χ1v) is 10.2. The predicted molar refractivity (Wildman–Crippen MR) is 118 cm³/mol. The first-order chi connectivity index (χ1) is 14.1. The van der Waals surface area contributed by atoms with Crippen LogP contribution < -0.4 is 4.90 Å². The van der Waals surface area contributed by atoms with E-state index in [1.165, 1.54) is 5.56 Å². The van der Waals surface area contributed by atoms with E-state index in [-0.39, 0.29) is 11.8 Å². The van der Waals surface area contributed by atoms with Gasteiger partial charge in [0.15, 0.2) is 0 Å². The molecule has 4 nitrogen and oxygen atoms in total. The van der Waals surface area contributed by atoms with Crippen LogP contribution in [-0.4, -0.2) is 31.4 Å². The second-order valence-electron chi connectivity index (χ2n) is 7.50. The van der Waals surface area contributed by atoms with Crippen molar-refractivity contribution in [1.82, 2.24) is 4.90 Å². The molecule has 1 amide bonds. The third kappa shape index (κ3) is 5.50. The summed E-state index contributed by atoms with van der Waals surface area (Å²) in [6.45, 7) is 3.23. The molecule has 0 saturated carbocycles. The Morgan fingerprint density at radius 2 is 1.69 bits per heavy atom. The minimum atomic E-state index is 0.134. The molecule has 0 bridgehead atoms. The van der Waals surface area contributed by atoms with E-state index in [0.29, 0.717) is 19.5 Å². The number of furan rings is 1. The molecule has 0 aliphatic heterocycles. The third-order valence-electron chi connectivity index (χ3n) is 5.26. The summed E-state index contributed by atoms with van der Waals surface area (Å²) in [6, 6.07) is 22.7. The van der Waals surface area contributed by atoms with Crippen LogP contribution in [0, 0.1) is 0 Å². The molecule has 0 fully saturated rings. The minimum absolute atomic E-state index is 0.134. The standard InChI is InChI=1S/C25H30N2O2/c1-4-25(28)27(19-20-12-14-22(15-13-20)26(2)3)17-16-23(24-11-8-18-29-24)21-9-6-5-7-10-21/h5-15,18,23H,4,16-17,19H2,1-3H3/t23-/m0/s1. The lowest BCUT2D eigenvalue weighted by Crippen LogP contribution is -2.31. The molecular weight excluding hydrogens is 360 g/mol. The van der Waals surface area contributed by atoms with E-state index in [1.54, 1.807) is 6.26 Å². The van der Waals surface area contributed by atoms with Crippen LogP contribution in [0.15, 0.2) is 77.4 Å². The van der Waals surface area contributed by atoms with Gasteiger partial charge >= 0.3 is 0 Å². The van der Waals surface area contributed by atoms with Crippen molar-refractivity contribution in [3.8, 4) is 0 Å². The molecule has 0 unspecified atom stereocenters. The average Bonchev–Trinajstić information content (AvgIpc) is 3.28. The molecule has 0 aliphatic rings. The van der Waals surface area contributed by atoms with Gasteiger partial charge in [0, 0.05) is 45.2 Å². The van der Waals surface area contributed by atoms with Crippen molar-refractivity contribution in [2.75, 3.05) is 25.5 Å². The number of benzene rings is 2. The maximum atomic E-state index is 12.6. The Kier molecular flexibility index (Phi) is 7.12. The molecule has 3 aromatic rings. The van der Waals surface area contributed by atoms with Crippen molar-refractivity contribution in [3.05, 3.63) is 89.9 Å². The zero-order chi connectivity index (χ0) is 20.6. The second kappa shape index (κ2) is 9.97. The lowest BCUT2D eigenvalue weighted by Gasteiger charge is -2.25. The van der Waals surface area contributed by atoms with Crippen LogP contribution in [0.1, 0.15) is 42.6 Å². The number of hydrogen-bond donors (Lipinski definition) is 0. The number of nitrogens with zero attached hydrogens (tertiary/aromatic N) is 2. The highest BCUT2D eigenvalue weighted by molar-refractivity contribution is 5.75. The van der Waals surface area contributed by atoms with E-state index in [1.807, 2.05) is 56.3 Å². The summed E-state index contributed by atoms with van der Waals surface area (Å²) in [5, 5.41) is 0. The van der Waals surface area contributed by atoms with Crippen molar-refractivity contribution in [3.63, 3.8) is 0 Å². The van der Waals surface area contributed by atoms with E-state index in [2.05, 4.69) is 41.3 Å². The Morgan fingerprint density at radius 1 is 0.966 bits per heavy atom. The van der Waals surface area contributed by atoms with Crippen molar-refractivity contribution in [2.45, 2.75) is 32.2 Å². The first kappa shape index (κ1) is 20.7. The molecule has 0 saturated heterocycles. The summed E-state index contributed by atoms with van der Waals surface area (Å²) in [7, 11) is 4.06.